The first-order valence-electron chi connectivity index (χ1n) is 7.92. The summed E-state index contributed by atoms with van der Waals surface area (Å²) in [5, 5.41) is 3.71. The summed E-state index contributed by atoms with van der Waals surface area (Å²) < 4.78 is 0. The summed E-state index contributed by atoms with van der Waals surface area (Å²) in [4.78, 5) is 2.71. The first kappa shape index (κ1) is 15.5. The van der Waals surface area contributed by atoms with Crippen LogP contribution < -0.4 is 5.32 Å². The quantitative estimate of drug-likeness (QED) is 0.893. The second-order valence-corrected chi connectivity index (χ2v) is 7.38. The van der Waals surface area contributed by atoms with Crippen molar-refractivity contribution in [3.8, 4) is 0 Å². The minimum absolute atomic E-state index is 0.191. The molecule has 0 saturated carbocycles. The van der Waals surface area contributed by atoms with E-state index in [1.165, 1.54) is 18.4 Å². The van der Waals surface area contributed by atoms with Crippen LogP contribution in [0, 0.1) is 0 Å². The van der Waals surface area contributed by atoms with Crippen LogP contribution in [-0.4, -0.2) is 29.1 Å². The highest BCUT2D eigenvalue weighted by Crippen LogP contribution is 2.35. The lowest BCUT2D eigenvalue weighted by Crippen LogP contribution is -2.63. The van der Waals surface area contributed by atoms with Crippen molar-refractivity contribution in [1.82, 2.24) is 10.2 Å². The summed E-state index contributed by atoms with van der Waals surface area (Å²) in [6.45, 7) is 13.8. The van der Waals surface area contributed by atoms with E-state index in [2.05, 4.69) is 75.2 Å². The molecule has 0 bridgehead atoms. The van der Waals surface area contributed by atoms with Gasteiger partial charge in [0.25, 0.3) is 0 Å². The maximum absolute atomic E-state index is 3.71. The predicted molar refractivity (Wildman–Crippen MR) is 87.0 cm³/mol. The monoisotopic (exact) mass is 274 g/mol. The Labute approximate surface area is 124 Å². The van der Waals surface area contributed by atoms with Crippen LogP contribution in [-0.2, 0) is 0 Å². The lowest BCUT2D eigenvalue weighted by molar-refractivity contribution is 0.00342. The largest absolute Gasteiger partial charge is 0.309 e. The second kappa shape index (κ2) is 5.87. The van der Waals surface area contributed by atoms with E-state index >= 15 is 0 Å². The molecule has 1 unspecified atom stereocenters. The number of benzene rings is 1. The Morgan fingerprint density at radius 3 is 2.50 bits per heavy atom. The fourth-order valence-corrected chi connectivity index (χ4v) is 3.44. The number of nitrogens with one attached hydrogen (secondary N) is 1. The first-order valence-corrected chi connectivity index (χ1v) is 7.92. The average molecular weight is 274 g/mol. The molecule has 1 aromatic rings. The van der Waals surface area contributed by atoms with Crippen molar-refractivity contribution in [2.24, 2.45) is 0 Å². The molecular weight excluding hydrogens is 244 g/mol. The summed E-state index contributed by atoms with van der Waals surface area (Å²) in [7, 11) is 0. The van der Waals surface area contributed by atoms with Crippen LogP contribution in [0.3, 0.4) is 0 Å². The number of nitrogens with zero attached hydrogens (tertiary/aromatic N) is 1. The van der Waals surface area contributed by atoms with Crippen LogP contribution in [0.1, 0.15) is 59.1 Å². The Hall–Kier alpha value is -0.860. The molecule has 0 aromatic heterocycles. The van der Waals surface area contributed by atoms with Gasteiger partial charge in [-0.3, -0.25) is 4.90 Å². The number of piperazine rings is 1. The van der Waals surface area contributed by atoms with Crippen LogP contribution >= 0.6 is 0 Å². The highest BCUT2D eigenvalue weighted by Gasteiger charge is 2.40. The summed E-state index contributed by atoms with van der Waals surface area (Å²) >= 11 is 0. The van der Waals surface area contributed by atoms with Gasteiger partial charge in [0, 0.05) is 30.2 Å². The molecule has 0 aliphatic carbocycles. The van der Waals surface area contributed by atoms with Crippen molar-refractivity contribution in [1.29, 1.82) is 0 Å². The number of hydrogen-bond donors (Lipinski definition) is 1. The molecule has 1 aromatic carbocycles. The van der Waals surface area contributed by atoms with Gasteiger partial charge < -0.3 is 5.32 Å². The Bertz CT molecular complexity index is 422. The van der Waals surface area contributed by atoms with Crippen LogP contribution in [0.4, 0.5) is 0 Å². The highest BCUT2D eigenvalue weighted by molar-refractivity contribution is 5.21. The van der Waals surface area contributed by atoms with Gasteiger partial charge in [0.1, 0.15) is 0 Å². The van der Waals surface area contributed by atoms with Gasteiger partial charge in [0.15, 0.2) is 0 Å². The lowest BCUT2D eigenvalue weighted by Gasteiger charge is -2.52. The Kier molecular flexibility index (Phi) is 4.55. The maximum Gasteiger partial charge on any atom is 0.0478 e. The van der Waals surface area contributed by atoms with Crippen molar-refractivity contribution in [3.05, 3.63) is 35.9 Å². The van der Waals surface area contributed by atoms with Crippen molar-refractivity contribution < 1.29 is 0 Å². The summed E-state index contributed by atoms with van der Waals surface area (Å²) in [6.07, 6.45) is 2.48. The van der Waals surface area contributed by atoms with Gasteiger partial charge >= 0.3 is 0 Å². The van der Waals surface area contributed by atoms with Gasteiger partial charge in [-0.1, -0.05) is 43.7 Å². The number of hydrogen-bond acceptors (Lipinski definition) is 2. The average Bonchev–Trinajstić information content (AvgIpc) is 2.39. The minimum atomic E-state index is 0.191. The molecule has 2 heteroatoms. The van der Waals surface area contributed by atoms with Crippen LogP contribution in [0.25, 0.3) is 0 Å². The lowest BCUT2D eigenvalue weighted by atomic mass is 9.87. The van der Waals surface area contributed by atoms with E-state index in [1.54, 1.807) is 0 Å². The van der Waals surface area contributed by atoms with E-state index < -0.39 is 0 Å². The van der Waals surface area contributed by atoms with E-state index in [-0.39, 0.29) is 11.1 Å². The molecule has 0 spiro atoms. The fourth-order valence-electron chi connectivity index (χ4n) is 3.44. The summed E-state index contributed by atoms with van der Waals surface area (Å²) in [5.74, 6) is 0. The zero-order valence-corrected chi connectivity index (χ0v) is 13.7. The van der Waals surface area contributed by atoms with E-state index in [0.717, 1.165) is 13.1 Å². The van der Waals surface area contributed by atoms with Gasteiger partial charge in [0.2, 0.25) is 0 Å². The van der Waals surface area contributed by atoms with Gasteiger partial charge in [0.05, 0.1) is 0 Å². The van der Waals surface area contributed by atoms with E-state index in [4.69, 9.17) is 0 Å². The van der Waals surface area contributed by atoms with Gasteiger partial charge in [-0.2, -0.15) is 0 Å². The second-order valence-electron chi connectivity index (χ2n) is 7.38. The molecule has 2 nitrogen and oxygen atoms in total. The van der Waals surface area contributed by atoms with E-state index in [9.17, 15) is 0 Å². The van der Waals surface area contributed by atoms with Crippen LogP contribution in [0.5, 0.6) is 0 Å². The summed E-state index contributed by atoms with van der Waals surface area (Å²) in [6, 6.07) is 11.4. The molecule has 0 radical (unpaired) electrons. The smallest absolute Gasteiger partial charge is 0.0478 e. The highest BCUT2D eigenvalue weighted by atomic mass is 15.3. The minimum Gasteiger partial charge on any atom is -0.309 e. The maximum atomic E-state index is 3.71. The van der Waals surface area contributed by atoms with Crippen LogP contribution in [0.15, 0.2) is 30.3 Å². The van der Waals surface area contributed by atoms with E-state index in [0.29, 0.717) is 6.04 Å². The van der Waals surface area contributed by atoms with Gasteiger partial charge in [-0.25, -0.2) is 0 Å². The zero-order chi connectivity index (χ0) is 14.8. The molecule has 2 rings (SSSR count). The van der Waals surface area contributed by atoms with Gasteiger partial charge in [-0.15, -0.1) is 0 Å². The Morgan fingerprint density at radius 2 is 1.90 bits per heavy atom. The third kappa shape index (κ3) is 3.42. The van der Waals surface area contributed by atoms with Crippen molar-refractivity contribution in [2.45, 2.75) is 64.6 Å². The van der Waals surface area contributed by atoms with Crippen molar-refractivity contribution in [3.63, 3.8) is 0 Å². The molecule has 1 saturated heterocycles. The van der Waals surface area contributed by atoms with E-state index in [1.807, 2.05) is 0 Å². The third-order valence-corrected chi connectivity index (χ3v) is 4.54. The van der Waals surface area contributed by atoms with Crippen LogP contribution in [0.2, 0.25) is 0 Å². The molecule has 1 heterocycles. The van der Waals surface area contributed by atoms with Crippen molar-refractivity contribution >= 4 is 0 Å². The Morgan fingerprint density at radius 1 is 1.25 bits per heavy atom. The topological polar surface area (TPSA) is 15.3 Å². The fraction of sp³-hybridized carbons (Fsp3) is 0.667. The molecule has 1 atom stereocenters. The number of rotatable bonds is 4. The molecule has 1 N–H and O–H groups in total. The molecule has 1 aliphatic heterocycles. The predicted octanol–water partition coefficient (Wildman–Crippen LogP) is 3.99. The van der Waals surface area contributed by atoms with Crippen molar-refractivity contribution in [2.75, 3.05) is 13.1 Å². The molecule has 1 fully saturated rings. The normalized spacial score (nSPS) is 23.8. The Balaban J connectivity index is 2.29. The standard InChI is InChI=1S/C18H30N2/c1-6-12-18(4,5)20-14-17(2,3)19-13-16(20)15-10-8-7-9-11-15/h7-11,16,19H,6,12-14H2,1-5H3. The third-order valence-electron chi connectivity index (χ3n) is 4.54. The molecule has 20 heavy (non-hydrogen) atoms. The summed E-state index contributed by atoms with van der Waals surface area (Å²) in [5.41, 5.74) is 1.87. The SMILES string of the molecule is CCCC(C)(C)N1CC(C)(C)NCC1c1ccccc1. The molecule has 1 aliphatic rings. The first-order chi connectivity index (χ1) is 9.36. The zero-order valence-electron chi connectivity index (χ0n) is 13.7. The molecule has 112 valence electrons. The molecular formula is C18H30N2. The molecule has 0 amide bonds. The van der Waals surface area contributed by atoms with Gasteiger partial charge in [-0.05, 0) is 39.7 Å².